The van der Waals surface area contributed by atoms with Gasteiger partial charge in [-0.3, -0.25) is 0 Å². The molecule has 96 valence electrons. The lowest BCUT2D eigenvalue weighted by Crippen LogP contribution is -2.12. The van der Waals surface area contributed by atoms with Gasteiger partial charge in [-0.2, -0.15) is 0 Å². The highest BCUT2D eigenvalue weighted by atomic mass is 19.1. The summed E-state index contributed by atoms with van der Waals surface area (Å²) in [5.74, 6) is 0.632. The van der Waals surface area contributed by atoms with Gasteiger partial charge >= 0.3 is 0 Å². The quantitative estimate of drug-likeness (QED) is 0.820. The Morgan fingerprint density at radius 1 is 1.29 bits per heavy atom. The molecule has 0 saturated heterocycles. The molecule has 0 heterocycles. The Kier molecular flexibility index (Phi) is 5.42. The Morgan fingerprint density at radius 3 is 2.53 bits per heavy atom. The summed E-state index contributed by atoms with van der Waals surface area (Å²) in [4.78, 5) is 0. The highest BCUT2D eigenvalue weighted by Crippen LogP contribution is 2.22. The van der Waals surface area contributed by atoms with E-state index in [9.17, 15) is 4.39 Å². The number of nitrogens with one attached hydrogen (secondary N) is 1. The fourth-order valence-corrected chi connectivity index (χ4v) is 1.47. The van der Waals surface area contributed by atoms with Gasteiger partial charge in [-0.15, -0.1) is 0 Å². The smallest absolute Gasteiger partial charge is 0.165 e. The molecule has 0 aromatic heterocycles. The van der Waals surface area contributed by atoms with Crippen molar-refractivity contribution in [2.45, 2.75) is 33.2 Å². The summed E-state index contributed by atoms with van der Waals surface area (Å²) in [6.07, 6.45) is 0.939. The highest BCUT2D eigenvalue weighted by molar-refractivity contribution is 5.30. The second-order valence-corrected chi connectivity index (χ2v) is 4.73. The van der Waals surface area contributed by atoms with Crippen molar-refractivity contribution in [3.05, 3.63) is 29.6 Å². The van der Waals surface area contributed by atoms with Crippen LogP contribution >= 0.6 is 0 Å². The van der Waals surface area contributed by atoms with Gasteiger partial charge < -0.3 is 10.1 Å². The van der Waals surface area contributed by atoms with Crippen molar-refractivity contribution >= 4 is 0 Å². The monoisotopic (exact) mass is 239 g/mol. The van der Waals surface area contributed by atoms with Gasteiger partial charge in [0.2, 0.25) is 0 Å². The van der Waals surface area contributed by atoms with Gasteiger partial charge in [-0.1, -0.05) is 19.9 Å². The minimum absolute atomic E-state index is 0.147. The number of benzene rings is 1. The largest absolute Gasteiger partial charge is 0.491 e. The third kappa shape index (κ3) is 4.35. The molecule has 1 atom stereocenters. The van der Waals surface area contributed by atoms with Crippen LogP contribution in [0.15, 0.2) is 18.2 Å². The Morgan fingerprint density at radius 2 is 2.00 bits per heavy atom. The van der Waals surface area contributed by atoms with Crippen molar-refractivity contribution in [3.63, 3.8) is 0 Å². The number of halogens is 1. The number of rotatable bonds is 6. The van der Waals surface area contributed by atoms with Crippen LogP contribution in [0.1, 0.15) is 38.8 Å². The zero-order valence-electron chi connectivity index (χ0n) is 11.1. The van der Waals surface area contributed by atoms with Crippen molar-refractivity contribution in [2.24, 2.45) is 5.92 Å². The molecule has 1 aromatic carbocycles. The van der Waals surface area contributed by atoms with E-state index in [1.54, 1.807) is 6.07 Å². The van der Waals surface area contributed by atoms with Crippen molar-refractivity contribution < 1.29 is 9.13 Å². The zero-order chi connectivity index (χ0) is 12.8. The summed E-state index contributed by atoms with van der Waals surface area (Å²) in [5, 5.41) is 3.08. The second kappa shape index (κ2) is 6.60. The van der Waals surface area contributed by atoms with Crippen LogP contribution in [-0.2, 0) is 0 Å². The molecule has 0 spiro atoms. The molecule has 0 aliphatic carbocycles. The molecular formula is C14H22FNO. The van der Waals surface area contributed by atoms with E-state index in [4.69, 9.17) is 4.74 Å². The van der Waals surface area contributed by atoms with Crippen molar-refractivity contribution in [1.29, 1.82) is 0 Å². The van der Waals surface area contributed by atoms with E-state index in [1.807, 2.05) is 20.0 Å². The van der Waals surface area contributed by atoms with Crippen LogP contribution in [0, 0.1) is 11.7 Å². The predicted octanol–water partition coefficient (Wildman–Crippen LogP) is 3.53. The van der Waals surface area contributed by atoms with E-state index in [2.05, 4.69) is 19.2 Å². The molecule has 0 aliphatic rings. The van der Waals surface area contributed by atoms with Gasteiger partial charge in [0.05, 0.1) is 6.61 Å². The minimum atomic E-state index is -0.284. The van der Waals surface area contributed by atoms with Crippen LogP contribution in [0.25, 0.3) is 0 Å². The van der Waals surface area contributed by atoms with E-state index < -0.39 is 0 Å². The lowest BCUT2D eigenvalue weighted by atomic mass is 10.1. The predicted molar refractivity (Wildman–Crippen MR) is 68.8 cm³/mol. The fourth-order valence-electron chi connectivity index (χ4n) is 1.47. The first-order chi connectivity index (χ1) is 8.04. The van der Waals surface area contributed by atoms with Crippen LogP contribution in [0.2, 0.25) is 0 Å². The van der Waals surface area contributed by atoms with Crippen LogP contribution < -0.4 is 10.1 Å². The molecule has 1 rings (SSSR count). The molecule has 0 radical (unpaired) electrons. The molecule has 2 nitrogen and oxygen atoms in total. The maximum absolute atomic E-state index is 13.7. The average Bonchev–Trinajstić information content (AvgIpc) is 2.29. The van der Waals surface area contributed by atoms with Crippen LogP contribution in [0.4, 0.5) is 4.39 Å². The Labute approximate surface area is 103 Å². The lowest BCUT2D eigenvalue weighted by molar-refractivity contribution is 0.276. The molecule has 1 aromatic rings. The van der Waals surface area contributed by atoms with Gasteiger partial charge in [0.15, 0.2) is 11.6 Å². The van der Waals surface area contributed by atoms with Crippen LogP contribution in [0.3, 0.4) is 0 Å². The standard InChI is InChI=1S/C14H22FNO/c1-10(2)7-8-17-14-6-5-12(9-13(14)15)11(3)16-4/h5-6,9-11,16H,7-8H2,1-4H3. The van der Waals surface area contributed by atoms with Crippen LogP contribution in [-0.4, -0.2) is 13.7 Å². The first-order valence-electron chi connectivity index (χ1n) is 6.14. The maximum atomic E-state index is 13.7. The molecule has 0 aliphatic heterocycles. The lowest BCUT2D eigenvalue weighted by Gasteiger charge is -2.13. The maximum Gasteiger partial charge on any atom is 0.165 e. The molecule has 1 unspecified atom stereocenters. The van der Waals surface area contributed by atoms with Gasteiger partial charge in [0.1, 0.15) is 0 Å². The van der Waals surface area contributed by atoms with E-state index in [0.29, 0.717) is 18.3 Å². The Balaban J connectivity index is 2.63. The van der Waals surface area contributed by atoms with Crippen molar-refractivity contribution in [3.8, 4) is 5.75 Å². The summed E-state index contributed by atoms with van der Waals surface area (Å²) >= 11 is 0. The Bertz CT molecular complexity index is 352. The summed E-state index contributed by atoms with van der Waals surface area (Å²) in [6.45, 7) is 6.80. The minimum Gasteiger partial charge on any atom is -0.491 e. The number of ether oxygens (including phenoxy) is 1. The van der Waals surface area contributed by atoms with E-state index in [0.717, 1.165) is 12.0 Å². The normalized spacial score (nSPS) is 12.8. The van der Waals surface area contributed by atoms with Crippen molar-refractivity contribution in [1.82, 2.24) is 5.32 Å². The molecule has 1 N–H and O–H groups in total. The summed E-state index contributed by atoms with van der Waals surface area (Å²) in [7, 11) is 1.86. The van der Waals surface area contributed by atoms with E-state index in [-0.39, 0.29) is 11.9 Å². The topological polar surface area (TPSA) is 21.3 Å². The molecule has 0 fully saturated rings. The molecule has 0 saturated carbocycles. The number of hydrogen-bond donors (Lipinski definition) is 1. The molecule has 0 amide bonds. The summed E-state index contributed by atoms with van der Waals surface area (Å²) in [6, 6.07) is 5.29. The van der Waals surface area contributed by atoms with E-state index in [1.165, 1.54) is 6.07 Å². The molecule has 17 heavy (non-hydrogen) atoms. The third-order valence-corrected chi connectivity index (χ3v) is 2.84. The van der Waals surface area contributed by atoms with Gasteiger partial charge in [-0.25, -0.2) is 4.39 Å². The highest BCUT2D eigenvalue weighted by Gasteiger charge is 2.08. The van der Waals surface area contributed by atoms with Gasteiger partial charge in [0.25, 0.3) is 0 Å². The first kappa shape index (κ1) is 14.0. The first-order valence-corrected chi connectivity index (χ1v) is 6.14. The molecular weight excluding hydrogens is 217 g/mol. The van der Waals surface area contributed by atoms with Gasteiger partial charge in [0, 0.05) is 6.04 Å². The fraction of sp³-hybridized carbons (Fsp3) is 0.571. The van der Waals surface area contributed by atoms with Crippen molar-refractivity contribution in [2.75, 3.05) is 13.7 Å². The second-order valence-electron chi connectivity index (χ2n) is 4.73. The summed E-state index contributed by atoms with van der Waals surface area (Å²) in [5.41, 5.74) is 0.932. The molecule has 3 heteroatoms. The summed E-state index contributed by atoms with van der Waals surface area (Å²) < 4.78 is 19.1. The average molecular weight is 239 g/mol. The van der Waals surface area contributed by atoms with Gasteiger partial charge in [-0.05, 0) is 44.0 Å². The number of hydrogen-bond acceptors (Lipinski definition) is 2. The van der Waals surface area contributed by atoms with Crippen LogP contribution in [0.5, 0.6) is 5.75 Å². The van der Waals surface area contributed by atoms with E-state index >= 15 is 0 Å². The SMILES string of the molecule is CNC(C)c1ccc(OCCC(C)C)c(F)c1. The Hall–Kier alpha value is -1.09. The molecule has 0 bridgehead atoms. The third-order valence-electron chi connectivity index (χ3n) is 2.84. The zero-order valence-corrected chi connectivity index (χ0v) is 11.1.